The standard InChI is InChI=1S/C30H36N8O3/c39-28(35-16-12-25(13-17-35)34-14-4-5-15-34)24-8-10-27(11-9-24)38(36-18-20-41-21-19-36)30(40)37(26-6-2-1-3-7-26)29-32-22-31-23-33-29/h1-3,6-11,22-23,25H,4-5,12-21H2. The van der Waals surface area contributed by atoms with Crippen molar-refractivity contribution < 1.29 is 14.3 Å². The van der Waals surface area contributed by atoms with Gasteiger partial charge in [-0.25, -0.2) is 34.7 Å². The Bertz CT molecular complexity index is 1250. The number of likely N-dealkylation sites (tertiary alicyclic amines) is 2. The highest BCUT2D eigenvalue weighted by Crippen LogP contribution is 2.28. The van der Waals surface area contributed by atoms with Crippen molar-refractivity contribution in [2.45, 2.75) is 31.7 Å². The molecule has 1 aromatic heterocycles. The van der Waals surface area contributed by atoms with Crippen molar-refractivity contribution in [1.29, 1.82) is 0 Å². The Morgan fingerprint density at radius 2 is 1.44 bits per heavy atom. The zero-order valence-electron chi connectivity index (χ0n) is 23.2. The Morgan fingerprint density at radius 1 is 0.780 bits per heavy atom. The molecule has 41 heavy (non-hydrogen) atoms. The third-order valence-corrected chi connectivity index (χ3v) is 8.10. The molecule has 3 amide bonds. The number of anilines is 3. The maximum absolute atomic E-state index is 14.3. The Kier molecular flexibility index (Phi) is 8.45. The molecule has 0 aliphatic carbocycles. The van der Waals surface area contributed by atoms with Crippen LogP contribution >= 0.6 is 0 Å². The highest BCUT2D eigenvalue weighted by atomic mass is 16.5. The summed E-state index contributed by atoms with van der Waals surface area (Å²) in [6, 6.07) is 16.9. The van der Waals surface area contributed by atoms with Crippen LogP contribution in [0.15, 0.2) is 67.3 Å². The van der Waals surface area contributed by atoms with Crippen LogP contribution in [0.1, 0.15) is 36.0 Å². The molecule has 0 spiro atoms. The summed E-state index contributed by atoms with van der Waals surface area (Å²) >= 11 is 0. The topological polar surface area (TPSA) is 98.2 Å². The number of hydrogen-bond acceptors (Lipinski definition) is 8. The molecule has 0 unspecified atom stereocenters. The van der Waals surface area contributed by atoms with Gasteiger partial charge in [-0.3, -0.25) is 4.79 Å². The van der Waals surface area contributed by atoms with Crippen molar-refractivity contribution in [3.8, 4) is 0 Å². The third-order valence-electron chi connectivity index (χ3n) is 8.10. The van der Waals surface area contributed by atoms with Crippen molar-refractivity contribution in [2.75, 3.05) is 62.4 Å². The minimum absolute atomic E-state index is 0.0387. The number of nitrogens with zero attached hydrogens (tertiary/aromatic N) is 8. The van der Waals surface area contributed by atoms with E-state index in [1.54, 1.807) is 5.01 Å². The number of para-hydroxylation sites is 1. The molecule has 6 rings (SSSR count). The first-order valence-corrected chi connectivity index (χ1v) is 14.5. The molecule has 2 aromatic carbocycles. The summed E-state index contributed by atoms with van der Waals surface area (Å²) in [4.78, 5) is 46.2. The van der Waals surface area contributed by atoms with Gasteiger partial charge in [0.1, 0.15) is 12.7 Å². The summed E-state index contributed by atoms with van der Waals surface area (Å²) < 4.78 is 5.57. The lowest BCUT2D eigenvalue weighted by Crippen LogP contribution is -2.55. The van der Waals surface area contributed by atoms with Gasteiger partial charge in [-0.05, 0) is 75.2 Å². The number of carbonyl (C=O) groups is 2. The Morgan fingerprint density at radius 3 is 2.10 bits per heavy atom. The summed E-state index contributed by atoms with van der Waals surface area (Å²) in [7, 11) is 0. The number of morpholine rings is 1. The first-order valence-electron chi connectivity index (χ1n) is 14.5. The summed E-state index contributed by atoms with van der Waals surface area (Å²) in [6.07, 6.45) is 7.37. The van der Waals surface area contributed by atoms with Gasteiger partial charge in [-0.2, -0.15) is 0 Å². The number of benzene rings is 2. The number of piperidine rings is 1. The summed E-state index contributed by atoms with van der Waals surface area (Å²) in [5.74, 6) is 0.260. The number of ether oxygens (including phenoxy) is 1. The fourth-order valence-corrected chi connectivity index (χ4v) is 5.95. The number of carbonyl (C=O) groups excluding carboxylic acids is 2. The van der Waals surface area contributed by atoms with E-state index in [4.69, 9.17) is 4.74 Å². The molecule has 0 bridgehead atoms. The van der Waals surface area contributed by atoms with Gasteiger partial charge in [-0.1, -0.05) is 18.2 Å². The van der Waals surface area contributed by atoms with E-state index < -0.39 is 0 Å². The van der Waals surface area contributed by atoms with E-state index in [9.17, 15) is 9.59 Å². The zero-order valence-corrected chi connectivity index (χ0v) is 23.2. The van der Waals surface area contributed by atoms with E-state index in [1.165, 1.54) is 43.5 Å². The lowest BCUT2D eigenvalue weighted by Gasteiger charge is -2.39. The number of hydrazine groups is 1. The van der Waals surface area contributed by atoms with Gasteiger partial charge >= 0.3 is 6.03 Å². The monoisotopic (exact) mass is 556 g/mol. The van der Waals surface area contributed by atoms with Crippen molar-refractivity contribution in [3.63, 3.8) is 0 Å². The maximum atomic E-state index is 14.3. The first kappa shape index (κ1) is 27.3. The van der Waals surface area contributed by atoms with E-state index in [2.05, 4.69) is 19.9 Å². The molecular weight excluding hydrogens is 520 g/mol. The average molecular weight is 557 g/mol. The molecule has 3 aromatic rings. The van der Waals surface area contributed by atoms with Crippen LogP contribution in [0.3, 0.4) is 0 Å². The Balaban J connectivity index is 1.24. The number of aromatic nitrogens is 3. The second-order valence-corrected chi connectivity index (χ2v) is 10.6. The van der Waals surface area contributed by atoms with Crippen molar-refractivity contribution in [2.24, 2.45) is 0 Å². The number of urea groups is 1. The van der Waals surface area contributed by atoms with Crippen LogP contribution in [0.4, 0.5) is 22.1 Å². The summed E-state index contributed by atoms with van der Waals surface area (Å²) in [5, 5.41) is 3.60. The molecule has 11 heteroatoms. The van der Waals surface area contributed by atoms with E-state index >= 15 is 0 Å². The minimum Gasteiger partial charge on any atom is -0.379 e. The number of rotatable bonds is 6. The van der Waals surface area contributed by atoms with E-state index in [0.717, 1.165) is 25.9 Å². The molecule has 0 N–H and O–H groups in total. The minimum atomic E-state index is -0.340. The van der Waals surface area contributed by atoms with Gasteiger partial charge in [0, 0.05) is 37.8 Å². The van der Waals surface area contributed by atoms with Gasteiger partial charge < -0.3 is 14.5 Å². The summed E-state index contributed by atoms with van der Waals surface area (Å²) in [5.41, 5.74) is 1.91. The summed E-state index contributed by atoms with van der Waals surface area (Å²) in [6.45, 7) is 6.02. The van der Waals surface area contributed by atoms with Gasteiger partial charge in [0.15, 0.2) is 0 Å². The molecule has 3 aliphatic rings. The zero-order chi connectivity index (χ0) is 28.0. The lowest BCUT2D eigenvalue weighted by molar-refractivity contribution is 0.0364. The SMILES string of the molecule is O=C(c1ccc(N(C(=O)N(c2ccccc2)c2ncncn2)N2CCOCC2)cc1)N1CCC(N2CCCC2)CC1. The molecule has 11 nitrogen and oxygen atoms in total. The molecule has 0 saturated carbocycles. The highest BCUT2D eigenvalue weighted by molar-refractivity contribution is 6.07. The van der Waals surface area contributed by atoms with Crippen LogP contribution in [0.2, 0.25) is 0 Å². The smallest absolute Gasteiger partial charge is 0.350 e. The van der Waals surface area contributed by atoms with Gasteiger partial charge in [0.05, 0.1) is 24.6 Å². The molecule has 3 fully saturated rings. The largest absolute Gasteiger partial charge is 0.379 e. The van der Waals surface area contributed by atoms with Crippen LogP contribution in [0, 0.1) is 0 Å². The van der Waals surface area contributed by atoms with Crippen LogP contribution in [-0.4, -0.2) is 100 Å². The lowest BCUT2D eigenvalue weighted by atomic mass is 10.0. The van der Waals surface area contributed by atoms with Crippen molar-refractivity contribution in [3.05, 3.63) is 72.8 Å². The third kappa shape index (κ3) is 6.07. The fourth-order valence-electron chi connectivity index (χ4n) is 5.95. The predicted molar refractivity (Wildman–Crippen MR) is 155 cm³/mol. The van der Waals surface area contributed by atoms with E-state index in [-0.39, 0.29) is 17.9 Å². The Labute approximate surface area is 240 Å². The van der Waals surface area contributed by atoms with Crippen LogP contribution in [0.25, 0.3) is 0 Å². The highest BCUT2D eigenvalue weighted by Gasteiger charge is 2.33. The average Bonchev–Trinajstić information content (AvgIpc) is 3.58. The fraction of sp³-hybridized carbons (Fsp3) is 0.433. The quantitative estimate of drug-likeness (QED) is 0.455. The number of amides is 3. The molecule has 4 heterocycles. The van der Waals surface area contributed by atoms with Crippen LogP contribution in [-0.2, 0) is 4.74 Å². The first-order chi connectivity index (χ1) is 20.2. The van der Waals surface area contributed by atoms with Gasteiger partial charge in [-0.15, -0.1) is 0 Å². The van der Waals surface area contributed by atoms with Gasteiger partial charge in [0.25, 0.3) is 5.91 Å². The number of hydrogen-bond donors (Lipinski definition) is 0. The second kappa shape index (κ2) is 12.7. The molecule has 214 valence electrons. The maximum Gasteiger partial charge on any atom is 0.350 e. The molecular formula is C30H36N8O3. The van der Waals surface area contributed by atoms with E-state index in [1.807, 2.05) is 64.5 Å². The Hall–Kier alpha value is -3.93. The van der Waals surface area contributed by atoms with Crippen LogP contribution < -0.4 is 9.91 Å². The van der Waals surface area contributed by atoms with Crippen LogP contribution in [0.5, 0.6) is 0 Å². The second-order valence-electron chi connectivity index (χ2n) is 10.6. The normalized spacial score (nSPS) is 18.8. The predicted octanol–water partition coefficient (Wildman–Crippen LogP) is 3.58. The molecule has 3 aliphatic heterocycles. The van der Waals surface area contributed by atoms with Gasteiger partial charge in [0.2, 0.25) is 5.95 Å². The molecule has 0 atom stereocenters. The molecule has 0 radical (unpaired) electrons. The van der Waals surface area contributed by atoms with E-state index in [0.29, 0.717) is 49.3 Å². The molecule has 3 saturated heterocycles. The van der Waals surface area contributed by atoms with Crippen molar-refractivity contribution in [1.82, 2.24) is 29.8 Å². The van der Waals surface area contributed by atoms with Crippen molar-refractivity contribution >= 4 is 29.3 Å².